The van der Waals surface area contributed by atoms with Crippen LogP contribution < -0.4 is 5.32 Å². The Morgan fingerprint density at radius 1 is 1.43 bits per heavy atom. The van der Waals surface area contributed by atoms with Gasteiger partial charge in [0.2, 0.25) is 0 Å². The molecule has 0 heterocycles. The van der Waals surface area contributed by atoms with E-state index in [0.29, 0.717) is 19.4 Å². The Morgan fingerprint density at radius 3 is 2.64 bits per heavy atom. The highest BCUT2D eigenvalue weighted by atomic mass is 19.3. The summed E-state index contributed by atoms with van der Waals surface area (Å²) in [5, 5.41) is 3.06. The molecule has 0 rings (SSSR count). The van der Waals surface area contributed by atoms with Crippen molar-refractivity contribution in [1.29, 1.82) is 0 Å². The van der Waals surface area contributed by atoms with Crippen LogP contribution in [-0.2, 0) is 4.74 Å². The lowest BCUT2D eigenvalue weighted by Gasteiger charge is -2.14. The monoisotopic (exact) mass is 205 g/mol. The lowest BCUT2D eigenvalue weighted by atomic mass is 10.1. The third-order valence-electron chi connectivity index (χ3n) is 1.90. The second-order valence-corrected chi connectivity index (χ2v) is 2.98. The average molecular weight is 205 g/mol. The summed E-state index contributed by atoms with van der Waals surface area (Å²) in [5.41, 5.74) is 0. The van der Waals surface area contributed by atoms with Crippen LogP contribution >= 0.6 is 0 Å². The van der Waals surface area contributed by atoms with Crippen molar-refractivity contribution in [2.75, 3.05) is 20.3 Å². The molecule has 1 N–H and O–H groups in total. The molecule has 0 fully saturated rings. The molecule has 0 aromatic rings. The fraction of sp³-hybridized carbons (Fsp3) is 0.800. The molecule has 1 atom stereocenters. The van der Waals surface area contributed by atoms with Gasteiger partial charge in [-0.3, -0.25) is 0 Å². The summed E-state index contributed by atoms with van der Waals surface area (Å²) in [6.07, 6.45) is 5.00. The van der Waals surface area contributed by atoms with Crippen molar-refractivity contribution in [2.24, 2.45) is 0 Å². The third kappa shape index (κ3) is 7.96. The highest BCUT2D eigenvalue weighted by Gasteiger charge is 2.06. The van der Waals surface area contributed by atoms with Crippen LogP contribution in [0.2, 0.25) is 0 Å². The standard InChI is InChI=1S/C10H17F2NO/c1-3-4-5-9(13-2)6-7-14-8-10(11)12/h1,9-10,13H,4-8H2,2H3. The van der Waals surface area contributed by atoms with Gasteiger partial charge < -0.3 is 10.1 Å². The fourth-order valence-corrected chi connectivity index (χ4v) is 1.09. The Bertz CT molecular complexity index is 168. The van der Waals surface area contributed by atoms with Crippen LogP contribution in [0.4, 0.5) is 8.78 Å². The van der Waals surface area contributed by atoms with E-state index in [9.17, 15) is 8.78 Å². The zero-order valence-corrected chi connectivity index (χ0v) is 8.43. The Labute approximate surface area is 84.0 Å². The van der Waals surface area contributed by atoms with Crippen LogP contribution in [0.15, 0.2) is 0 Å². The maximum Gasteiger partial charge on any atom is 0.261 e. The summed E-state index contributed by atoms with van der Waals surface area (Å²) in [6, 6.07) is 0.253. The second kappa shape index (κ2) is 8.92. The van der Waals surface area contributed by atoms with Gasteiger partial charge in [-0.1, -0.05) is 0 Å². The smallest absolute Gasteiger partial charge is 0.261 e. The number of halogens is 2. The quantitative estimate of drug-likeness (QED) is 0.480. The Hall–Kier alpha value is -0.660. The summed E-state index contributed by atoms with van der Waals surface area (Å²) < 4.78 is 28.1. The first-order valence-electron chi connectivity index (χ1n) is 4.67. The number of alkyl halides is 2. The predicted octanol–water partition coefficient (Wildman–Crippen LogP) is 1.66. The van der Waals surface area contributed by atoms with E-state index in [1.165, 1.54) is 0 Å². The molecule has 0 aliphatic carbocycles. The zero-order chi connectivity index (χ0) is 10.8. The summed E-state index contributed by atoms with van der Waals surface area (Å²) in [4.78, 5) is 0. The van der Waals surface area contributed by atoms with Crippen LogP contribution in [0, 0.1) is 12.3 Å². The molecule has 82 valence electrons. The molecule has 0 amide bonds. The summed E-state index contributed by atoms with van der Waals surface area (Å²) in [5.74, 6) is 2.54. The van der Waals surface area contributed by atoms with Gasteiger partial charge in [0.15, 0.2) is 0 Å². The van der Waals surface area contributed by atoms with Crippen LogP contribution in [-0.4, -0.2) is 32.7 Å². The number of ether oxygens (including phenoxy) is 1. The minimum absolute atomic E-state index is 0.253. The van der Waals surface area contributed by atoms with E-state index in [-0.39, 0.29) is 6.04 Å². The van der Waals surface area contributed by atoms with Crippen LogP contribution in [0.5, 0.6) is 0 Å². The van der Waals surface area contributed by atoms with Crippen molar-refractivity contribution < 1.29 is 13.5 Å². The van der Waals surface area contributed by atoms with Crippen LogP contribution in [0.25, 0.3) is 0 Å². The van der Waals surface area contributed by atoms with E-state index >= 15 is 0 Å². The topological polar surface area (TPSA) is 21.3 Å². The van der Waals surface area contributed by atoms with Gasteiger partial charge in [0.25, 0.3) is 6.43 Å². The molecular formula is C10H17F2NO. The zero-order valence-electron chi connectivity index (χ0n) is 8.43. The molecule has 0 aromatic carbocycles. The Balaban J connectivity index is 3.38. The van der Waals surface area contributed by atoms with Gasteiger partial charge in [-0.25, -0.2) is 8.78 Å². The summed E-state index contributed by atoms with van der Waals surface area (Å²) >= 11 is 0. The minimum atomic E-state index is -2.38. The van der Waals surface area contributed by atoms with Crippen molar-refractivity contribution in [1.82, 2.24) is 5.32 Å². The SMILES string of the molecule is C#CCCC(CCOCC(F)F)NC. The highest BCUT2D eigenvalue weighted by Crippen LogP contribution is 2.02. The van der Waals surface area contributed by atoms with Crippen molar-refractivity contribution in [3.8, 4) is 12.3 Å². The largest absolute Gasteiger partial charge is 0.375 e. The second-order valence-electron chi connectivity index (χ2n) is 2.98. The van der Waals surface area contributed by atoms with Gasteiger partial charge in [0.1, 0.15) is 6.61 Å². The van der Waals surface area contributed by atoms with Crippen molar-refractivity contribution >= 4 is 0 Å². The molecule has 0 spiro atoms. The Kier molecular flexibility index (Phi) is 8.50. The number of terminal acetylenes is 1. The van der Waals surface area contributed by atoms with E-state index in [2.05, 4.69) is 11.2 Å². The lowest BCUT2D eigenvalue weighted by molar-refractivity contribution is 0.0144. The molecule has 0 aromatic heterocycles. The van der Waals surface area contributed by atoms with Gasteiger partial charge in [0, 0.05) is 19.1 Å². The molecule has 0 aliphatic rings. The first-order valence-corrected chi connectivity index (χ1v) is 4.67. The van der Waals surface area contributed by atoms with E-state index < -0.39 is 13.0 Å². The van der Waals surface area contributed by atoms with E-state index in [1.807, 2.05) is 7.05 Å². The lowest BCUT2D eigenvalue weighted by Crippen LogP contribution is -2.26. The number of nitrogens with one attached hydrogen (secondary N) is 1. The maximum atomic E-state index is 11.7. The molecule has 0 aliphatic heterocycles. The van der Waals surface area contributed by atoms with Crippen molar-refractivity contribution in [3.63, 3.8) is 0 Å². The van der Waals surface area contributed by atoms with Gasteiger partial charge in [-0.15, -0.1) is 12.3 Å². The van der Waals surface area contributed by atoms with E-state index in [0.717, 1.165) is 6.42 Å². The number of hydrogen-bond acceptors (Lipinski definition) is 2. The summed E-state index contributed by atoms with van der Waals surface area (Å²) in [7, 11) is 1.83. The molecule has 4 heteroatoms. The maximum absolute atomic E-state index is 11.7. The minimum Gasteiger partial charge on any atom is -0.375 e. The van der Waals surface area contributed by atoms with Gasteiger partial charge in [-0.2, -0.15) is 0 Å². The van der Waals surface area contributed by atoms with Crippen LogP contribution in [0.3, 0.4) is 0 Å². The average Bonchev–Trinajstić information content (AvgIpc) is 2.16. The highest BCUT2D eigenvalue weighted by molar-refractivity contribution is 4.85. The predicted molar refractivity (Wildman–Crippen MR) is 52.4 cm³/mol. The van der Waals surface area contributed by atoms with Gasteiger partial charge >= 0.3 is 0 Å². The molecule has 14 heavy (non-hydrogen) atoms. The number of rotatable bonds is 8. The van der Waals surface area contributed by atoms with Crippen LogP contribution in [0.1, 0.15) is 19.3 Å². The molecular weight excluding hydrogens is 188 g/mol. The third-order valence-corrected chi connectivity index (χ3v) is 1.90. The Morgan fingerprint density at radius 2 is 2.14 bits per heavy atom. The molecule has 0 bridgehead atoms. The first kappa shape index (κ1) is 13.3. The van der Waals surface area contributed by atoms with Crippen molar-refractivity contribution in [2.45, 2.75) is 31.7 Å². The summed E-state index contributed by atoms with van der Waals surface area (Å²) in [6.45, 7) is -0.133. The molecule has 1 unspecified atom stereocenters. The molecule has 0 saturated carbocycles. The first-order chi connectivity index (χ1) is 6.70. The number of hydrogen-bond donors (Lipinski definition) is 1. The van der Waals surface area contributed by atoms with Crippen molar-refractivity contribution in [3.05, 3.63) is 0 Å². The normalized spacial score (nSPS) is 12.8. The van der Waals surface area contributed by atoms with Gasteiger partial charge in [-0.05, 0) is 19.9 Å². The van der Waals surface area contributed by atoms with Gasteiger partial charge in [0.05, 0.1) is 0 Å². The van der Waals surface area contributed by atoms with E-state index in [1.54, 1.807) is 0 Å². The molecule has 0 saturated heterocycles. The fourth-order valence-electron chi connectivity index (χ4n) is 1.09. The molecule has 2 nitrogen and oxygen atoms in total. The molecule has 0 radical (unpaired) electrons. The van der Waals surface area contributed by atoms with E-state index in [4.69, 9.17) is 11.2 Å².